The van der Waals surface area contributed by atoms with Crippen molar-refractivity contribution in [2.24, 2.45) is 0 Å². The van der Waals surface area contributed by atoms with Gasteiger partial charge in [0.1, 0.15) is 0 Å². The molecule has 1 nitrogen and oxygen atoms in total. The molecule has 0 aliphatic heterocycles. The SMILES string of the molecule is COC(=S)c1ccccc1. The molecule has 0 aliphatic carbocycles. The third-order valence-corrected chi connectivity index (χ3v) is 1.60. The Bertz CT molecular complexity index is 218. The van der Waals surface area contributed by atoms with Gasteiger partial charge in [-0.2, -0.15) is 0 Å². The number of ether oxygens (including phenoxy) is 1. The van der Waals surface area contributed by atoms with Crippen molar-refractivity contribution in [2.75, 3.05) is 7.11 Å². The van der Waals surface area contributed by atoms with Crippen LogP contribution in [0.3, 0.4) is 0 Å². The fraction of sp³-hybridized carbons (Fsp3) is 0.125. The highest BCUT2D eigenvalue weighted by molar-refractivity contribution is 7.80. The average Bonchev–Trinajstić information content (AvgIpc) is 2.05. The second-order valence-electron chi connectivity index (χ2n) is 1.86. The minimum atomic E-state index is 0.542. The molecule has 1 aromatic carbocycles. The van der Waals surface area contributed by atoms with Crippen molar-refractivity contribution in [3.05, 3.63) is 35.9 Å². The van der Waals surface area contributed by atoms with Crippen LogP contribution in [0, 0.1) is 0 Å². The van der Waals surface area contributed by atoms with E-state index in [1.807, 2.05) is 30.3 Å². The number of thiocarbonyl (C=S) groups is 1. The van der Waals surface area contributed by atoms with Gasteiger partial charge in [-0.1, -0.05) is 30.3 Å². The highest BCUT2D eigenvalue weighted by Crippen LogP contribution is 2.00. The van der Waals surface area contributed by atoms with Gasteiger partial charge in [0, 0.05) is 5.56 Å². The van der Waals surface area contributed by atoms with Gasteiger partial charge in [0.15, 0.2) is 5.05 Å². The second kappa shape index (κ2) is 3.32. The zero-order valence-corrected chi connectivity index (χ0v) is 6.52. The molecule has 0 bridgehead atoms. The summed E-state index contributed by atoms with van der Waals surface area (Å²) < 4.78 is 4.87. The van der Waals surface area contributed by atoms with Gasteiger partial charge in [0.05, 0.1) is 7.11 Å². The van der Waals surface area contributed by atoms with Crippen molar-refractivity contribution in [2.45, 2.75) is 0 Å². The number of hydrogen-bond acceptors (Lipinski definition) is 2. The van der Waals surface area contributed by atoms with E-state index in [0.29, 0.717) is 5.05 Å². The zero-order chi connectivity index (χ0) is 7.40. The summed E-state index contributed by atoms with van der Waals surface area (Å²) in [5.41, 5.74) is 0.958. The smallest absolute Gasteiger partial charge is 0.190 e. The van der Waals surface area contributed by atoms with Crippen LogP contribution in [0.25, 0.3) is 0 Å². The molecule has 0 saturated heterocycles. The molecule has 0 aliphatic rings. The number of rotatable bonds is 1. The summed E-state index contributed by atoms with van der Waals surface area (Å²) in [7, 11) is 1.58. The maximum Gasteiger partial charge on any atom is 0.190 e. The first-order chi connectivity index (χ1) is 4.84. The van der Waals surface area contributed by atoms with Crippen LogP contribution in [0.5, 0.6) is 0 Å². The largest absolute Gasteiger partial charge is 0.486 e. The van der Waals surface area contributed by atoms with Crippen molar-refractivity contribution in [3.8, 4) is 0 Å². The van der Waals surface area contributed by atoms with Crippen LogP contribution in [0.2, 0.25) is 0 Å². The van der Waals surface area contributed by atoms with Crippen molar-refractivity contribution >= 4 is 17.3 Å². The molecule has 10 heavy (non-hydrogen) atoms. The van der Waals surface area contributed by atoms with Crippen LogP contribution >= 0.6 is 12.2 Å². The first-order valence-electron chi connectivity index (χ1n) is 2.98. The Morgan fingerprint density at radius 1 is 1.30 bits per heavy atom. The molecule has 0 N–H and O–H groups in total. The van der Waals surface area contributed by atoms with E-state index in [-0.39, 0.29) is 0 Å². The van der Waals surface area contributed by atoms with Crippen molar-refractivity contribution < 1.29 is 4.74 Å². The standard InChI is InChI=1S/C8H8OS/c1-9-8(10)7-5-3-2-4-6-7/h2-6H,1H3. The van der Waals surface area contributed by atoms with E-state index >= 15 is 0 Å². The van der Waals surface area contributed by atoms with Crippen LogP contribution in [-0.4, -0.2) is 12.2 Å². The lowest BCUT2D eigenvalue weighted by molar-refractivity contribution is 0.416. The second-order valence-corrected chi connectivity index (χ2v) is 2.23. The van der Waals surface area contributed by atoms with Gasteiger partial charge in [-0.05, 0) is 12.2 Å². The van der Waals surface area contributed by atoms with E-state index in [4.69, 9.17) is 17.0 Å². The van der Waals surface area contributed by atoms with E-state index in [1.54, 1.807) is 7.11 Å². The van der Waals surface area contributed by atoms with Gasteiger partial charge in [-0.3, -0.25) is 0 Å². The Hall–Kier alpha value is -0.890. The Balaban J connectivity index is 2.85. The van der Waals surface area contributed by atoms with Gasteiger partial charge in [-0.15, -0.1) is 0 Å². The molecule has 0 heterocycles. The Kier molecular flexibility index (Phi) is 2.40. The topological polar surface area (TPSA) is 9.23 Å². The first kappa shape index (κ1) is 7.22. The molecule has 52 valence electrons. The lowest BCUT2D eigenvalue weighted by atomic mass is 10.2. The summed E-state index contributed by atoms with van der Waals surface area (Å²) in [6, 6.07) is 9.65. The molecule has 1 aromatic rings. The quantitative estimate of drug-likeness (QED) is 0.569. The molecular formula is C8H8OS. The Morgan fingerprint density at radius 3 is 2.40 bits per heavy atom. The van der Waals surface area contributed by atoms with Crippen molar-refractivity contribution in [3.63, 3.8) is 0 Å². The van der Waals surface area contributed by atoms with E-state index in [2.05, 4.69) is 0 Å². The highest BCUT2D eigenvalue weighted by atomic mass is 32.1. The molecule has 0 amide bonds. The molecule has 0 saturated carbocycles. The molecule has 0 fully saturated rings. The minimum absolute atomic E-state index is 0.542. The first-order valence-corrected chi connectivity index (χ1v) is 3.39. The van der Waals surface area contributed by atoms with Gasteiger partial charge in [-0.25, -0.2) is 0 Å². The van der Waals surface area contributed by atoms with Crippen LogP contribution in [0.1, 0.15) is 5.56 Å². The molecule has 0 spiro atoms. The zero-order valence-electron chi connectivity index (χ0n) is 5.70. The molecule has 0 atom stereocenters. The predicted molar refractivity (Wildman–Crippen MR) is 45.2 cm³/mol. The summed E-state index contributed by atoms with van der Waals surface area (Å²) in [6.45, 7) is 0. The van der Waals surface area contributed by atoms with Gasteiger partial charge >= 0.3 is 0 Å². The highest BCUT2D eigenvalue weighted by Gasteiger charge is 1.95. The van der Waals surface area contributed by atoms with Crippen molar-refractivity contribution in [1.29, 1.82) is 0 Å². The van der Waals surface area contributed by atoms with Crippen molar-refractivity contribution in [1.82, 2.24) is 0 Å². The molecule has 0 radical (unpaired) electrons. The average molecular weight is 152 g/mol. The molecule has 0 unspecified atom stereocenters. The van der Waals surface area contributed by atoms with Gasteiger partial charge in [0.25, 0.3) is 0 Å². The van der Waals surface area contributed by atoms with E-state index in [0.717, 1.165) is 5.56 Å². The number of benzene rings is 1. The maximum absolute atomic E-state index is 4.90. The van der Waals surface area contributed by atoms with Crippen LogP contribution in [0.4, 0.5) is 0 Å². The van der Waals surface area contributed by atoms with E-state index in [9.17, 15) is 0 Å². The minimum Gasteiger partial charge on any atom is -0.486 e. The lowest BCUT2D eigenvalue weighted by Gasteiger charge is -1.99. The Labute approximate surface area is 65.6 Å². The van der Waals surface area contributed by atoms with Crippen LogP contribution < -0.4 is 0 Å². The summed E-state index contributed by atoms with van der Waals surface area (Å²) in [4.78, 5) is 0. The van der Waals surface area contributed by atoms with Gasteiger partial charge < -0.3 is 4.74 Å². The predicted octanol–water partition coefficient (Wildman–Crippen LogP) is 2.01. The molecule has 1 rings (SSSR count). The van der Waals surface area contributed by atoms with E-state index < -0.39 is 0 Å². The third kappa shape index (κ3) is 1.54. The molecule has 0 aromatic heterocycles. The fourth-order valence-corrected chi connectivity index (χ4v) is 0.828. The maximum atomic E-state index is 4.90. The van der Waals surface area contributed by atoms with E-state index in [1.165, 1.54) is 0 Å². The monoisotopic (exact) mass is 152 g/mol. The summed E-state index contributed by atoms with van der Waals surface area (Å²) in [6.07, 6.45) is 0. The summed E-state index contributed by atoms with van der Waals surface area (Å²) in [5, 5.41) is 0.542. The fourth-order valence-electron chi connectivity index (χ4n) is 0.692. The lowest BCUT2D eigenvalue weighted by Crippen LogP contribution is -1.97. The molecule has 2 heteroatoms. The van der Waals surface area contributed by atoms with Gasteiger partial charge in [0.2, 0.25) is 0 Å². The third-order valence-electron chi connectivity index (χ3n) is 1.19. The number of hydrogen-bond donors (Lipinski definition) is 0. The normalized spacial score (nSPS) is 8.90. The molecular weight excluding hydrogens is 144 g/mol. The van der Waals surface area contributed by atoms with Crippen LogP contribution in [-0.2, 0) is 4.74 Å². The Morgan fingerprint density at radius 2 is 1.90 bits per heavy atom. The van der Waals surface area contributed by atoms with Crippen LogP contribution in [0.15, 0.2) is 30.3 Å². The summed E-state index contributed by atoms with van der Waals surface area (Å²) in [5.74, 6) is 0. The summed E-state index contributed by atoms with van der Waals surface area (Å²) >= 11 is 4.90. The number of methoxy groups -OCH3 is 1.